The van der Waals surface area contributed by atoms with Crippen molar-refractivity contribution in [1.82, 2.24) is 0 Å². The predicted molar refractivity (Wildman–Crippen MR) is 75.4 cm³/mol. The van der Waals surface area contributed by atoms with Gasteiger partial charge < -0.3 is 14.6 Å². The summed E-state index contributed by atoms with van der Waals surface area (Å²) in [6, 6.07) is 7.71. The molecule has 1 N–H and O–H groups in total. The molecule has 3 heteroatoms. The molecule has 1 aliphatic rings. The molecule has 0 bridgehead atoms. The second kappa shape index (κ2) is 5.93. The number of hydrogen-bond donors (Lipinski definition) is 1. The van der Waals surface area contributed by atoms with Crippen molar-refractivity contribution in [2.75, 3.05) is 7.11 Å². The van der Waals surface area contributed by atoms with Gasteiger partial charge in [-0.3, -0.25) is 0 Å². The van der Waals surface area contributed by atoms with Gasteiger partial charge >= 0.3 is 0 Å². The summed E-state index contributed by atoms with van der Waals surface area (Å²) in [4.78, 5) is 0. The molecule has 106 valence electrons. The minimum absolute atomic E-state index is 0.134. The fourth-order valence-corrected chi connectivity index (χ4v) is 2.90. The molecular formula is C16H24O3. The summed E-state index contributed by atoms with van der Waals surface area (Å²) in [5.41, 5.74) is 0.457. The predicted octanol–water partition coefficient (Wildman–Crippen LogP) is 3.47. The van der Waals surface area contributed by atoms with Crippen molar-refractivity contribution in [1.29, 1.82) is 0 Å². The number of rotatable bonds is 5. The van der Waals surface area contributed by atoms with Gasteiger partial charge in [0.05, 0.1) is 11.7 Å². The number of hydrogen-bond acceptors (Lipinski definition) is 3. The first-order chi connectivity index (χ1) is 9.07. The number of methoxy groups -OCH3 is 1. The van der Waals surface area contributed by atoms with E-state index in [1.165, 1.54) is 0 Å². The van der Waals surface area contributed by atoms with Crippen molar-refractivity contribution in [3.05, 3.63) is 29.8 Å². The zero-order valence-corrected chi connectivity index (χ0v) is 12.1. The number of aliphatic hydroxyl groups is 1. The molecule has 1 aromatic carbocycles. The van der Waals surface area contributed by atoms with Gasteiger partial charge in [-0.2, -0.15) is 0 Å². The van der Waals surface area contributed by atoms with Crippen LogP contribution >= 0.6 is 0 Å². The molecule has 1 fully saturated rings. The zero-order valence-electron chi connectivity index (χ0n) is 12.1. The molecule has 1 saturated carbocycles. The van der Waals surface area contributed by atoms with E-state index in [0.717, 1.165) is 37.0 Å². The summed E-state index contributed by atoms with van der Waals surface area (Å²) in [6.07, 6.45) is 3.62. The van der Waals surface area contributed by atoms with Crippen molar-refractivity contribution in [2.45, 2.75) is 57.3 Å². The van der Waals surface area contributed by atoms with Crippen LogP contribution in [0.5, 0.6) is 5.75 Å². The Morgan fingerprint density at radius 3 is 2.47 bits per heavy atom. The van der Waals surface area contributed by atoms with E-state index in [-0.39, 0.29) is 6.10 Å². The van der Waals surface area contributed by atoms with Gasteiger partial charge in [0.15, 0.2) is 0 Å². The Balaban J connectivity index is 2.20. The van der Waals surface area contributed by atoms with E-state index in [1.807, 2.05) is 38.1 Å². The van der Waals surface area contributed by atoms with Crippen molar-refractivity contribution in [2.24, 2.45) is 0 Å². The Kier molecular flexibility index (Phi) is 4.48. The van der Waals surface area contributed by atoms with Gasteiger partial charge in [0.25, 0.3) is 0 Å². The smallest absolute Gasteiger partial charge is 0.120 e. The molecule has 1 atom stereocenters. The van der Waals surface area contributed by atoms with Crippen LogP contribution in [0.2, 0.25) is 0 Å². The summed E-state index contributed by atoms with van der Waals surface area (Å²) >= 11 is 0. The van der Waals surface area contributed by atoms with Crippen LogP contribution in [0.1, 0.15) is 51.2 Å². The third-order valence-electron chi connectivity index (χ3n) is 3.90. The molecule has 0 aliphatic heterocycles. The van der Waals surface area contributed by atoms with Crippen LogP contribution in [0, 0.1) is 0 Å². The Bertz CT molecular complexity index is 408. The van der Waals surface area contributed by atoms with Crippen molar-refractivity contribution >= 4 is 0 Å². The first-order valence-electron chi connectivity index (χ1n) is 7.07. The van der Waals surface area contributed by atoms with Crippen LogP contribution < -0.4 is 4.74 Å². The molecule has 0 spiro atoms. The van der Waals surface area contributed by atoms with Gasteiger partial charge in [0.1, 0.15) is 11.9 Å². The number of aliphatic hydroxyl groups excluding tert-OH is 1. The quantitative estimate of drug-likeness (QED) is 0.885. The minimum Gasteiger partial charge on any atom is -0.491 e. The third-order valence-corrected chi connectivity index (χ3v) is 3.90. The molecule has 1 unspecified atom stereocenters. The fraction of sp³-hybridized carbons (Fsp3) is 0.625. The lowest BCUT2D eigenvalue weighted by Gasteiger charge is -2.33. The van der Waals surface area contributed by atoms with Crippen LogP contribution in [-0.4, -0.2) is 23.9 Å². The van der Waals surface area contributed by atoms with Gasteiger partial charge in [-0.25, -0.2) is 0 Å². The van der Waals surface area contributed by atoms with E-state index in [2.05, 4.69) is 0 Å². The van der Waals surface area contributed by atoms with Gasteiger partial charge in [-0.15, -0.1) is 0 Å². The number of benzene rings is 1. The second-order valence-corrected chi connectivity index (χ2v) is 5.62. The van der Waals surface area contributed by atoms with Crippen LogP contribution in [0.15, 0.2) is 24.3 Å². The molecule has 0 heterocycles. The normalized spacial score (nSPS) is 19.6. The molecule has 19 heavy (non-hydrogen) atoms. The van der Waals surface area contributed by atoms with Crippen molar-refractivity contribution in [3.8, 4) is 5.75 Å². The van der Waals surface area contributed by atoms with Gasteiger partial charge in [-0.05, 0) is 44.4 Å². The maximum atomic E-state index is 10.6. The molecule has 3 nitrogen and oxygen atoms in total. The highest BCUT2D eigenvalue weighted by molar-refractivity contribution is 5.31. The molecule has 0 radical (unpaired) electrons. The number of ether oxygens (including phenoxy) is 2. The largest absolute Gasteiger partial charge is 0.491 e. The standard InChI is InChI=1S/C16H24O3/c1-12(2)19-14-8-6-7-13(11-14)15(17)16(18-3)9-4-5-10-16/h6-8,11-12,15,17H,4-5,9-10H2,1-3H3. The van der Waals surface area contributed by atoms with E-state index >= 15 is 0 Å². The Morgan fingerprint density at radius 2 is 1.89 bits per heavy atom. The lowest BCUT2D eigenvalue weighted by molar-refractivity contribution is -0.100. The van der Waals surface area contributed by atoms with E-state index in [4.69, 9.17) is 9.47 Å². The Hall–Kier alpha value is -1.06. The summed E-state index contributed by atoms with van der Waals surface area (Å²) in [5, 5.41) is 10.6. The maximum Gasteiger partial charge on any atom is 0.120 e. The molecule has 1 aromatic rings. The fourth-order valence-electron chi connectivity index (χ4n) is 2.90. The third kappa shape index (κ3) is 3.10. The summed E-state index contributed by atoms with van der Waals surface area (Å²) in [5.74, 6) is 0.802. The lowest BCUT2D eigenvalue weighted by Crippen LogP contribution is -2.35. The van der Waals surface area contributed by atoms with Crippen LogP contribution in [0.25, 0.3) is 0 Å². The van der Waals surface area contributed by atoms with E-state index in [0.29, 0.717) is 0 Å². The molecule has 0 amide bonds. The molecular weight excluding hydrogens is 240 g/mol. The highest BCUT2D eigenvalue weighted by Crippen LogP contribution is 2.42. The molecule has 1 aliphatic carbocycles. The van der Waals surface area contributed by atoms with Gasteiger partial charge in [0.2, 0.25) is 0 Å². The van der Waals surface area contributed by atoms with Gasteiger partial charge in [-0.1, -0.05) is 25.0 Å². The molecule has 0 aromatic heterocycles. The monoisotopic (exact) mass is 264 g/mol. The van der Waals surface area contributed by atoms with E-state index in [1.54, 1.807) is 7.11 Å². The SMILES string of the molecule is COC1(C(O)c2cccc(OC(C)C)c2)CCCC1. The summed E-state index contributed by atoms with van der Waals surface area (Å²) in [7, 11) is 1.70. The highest BCUT2D eigenvalue weighted by atomic mass is 16.5. The van der Waals surface area contributed by atoms with Crippen LogP contribution in [-0.2, 0) is 4.74 Å². The van der Waals surface area contributed by atoms with E-state index < -0.39 is 11.7 Å². The first-order valence-corrected chi connectivity index (χ1v) is 7.07. The maximum absolute atomic E-state index is 10.6. The lowest BCUT2D eigenvalue weighted by atomic mass is 9.89. The van der Waals surface area contributed by atoms with Crippen LogP contribution in [0.4, 0.5) is 0 Å². The van der Waals surface area contributed by atoms with Crippen molar-refractivity contribution < 1.29 is 14.6 Å². The second-order valence-electron chi connectivity index (χ2n) is 5.62. The van der Waals surface area contributed by atoms with Crippen molar-refractivity contribution in [3.63, 3.8) is 0 Å². The average molecular weight is 264 g/mol. The highest BCUT2D eigenvalue weighted by Gasteiger charge is 2.41. The molecule has 0 saturated heterocycles. The van der Waals surface area contributed by atoms with Crippen LogP contribution in [0.3, 0.4) is 0 Å². The zero-order chi connectivity index (χ0) is 13.9. The summed E-state index contributed by atoms with van der Waals surface area (Å²) < 4.78 is 11.3. The van der Waals surface area contributed by atoms with E-state index in [9.17, 15) is 5.11 Å². The minimum atomic E-state index is -0.587. The van der Waals surface area contributed by atoms with Gasteiger partial charge in [0, 0.05) is 7.11 Å². The average Bonchev–Trinajstić information content (AvgIpc) is 2.87. The Morgan fingerprint density at radius 1 is 1.21 bits per heavy atom. The first kappa shape index (κ1) is 14.4. The topological polar surface area (TPSA) is 38.7 Å². The molecule has 2 rings (SSSR count). The summed E-state index contributed by atoms with van der Waals surface area (Å²) in [6.45, 7) is 3.99. The Labute approximate surface area is 115 Å².